The summed E-state index contributed by atoms with van der Waals surface area (Å²) in [5.74, 6) is -1.25. The molecule has 0 bridgehead atoms. The van der Waals surface area contributed by atoms with Crippen LogP contribution in [0.2, 0.25) is 0 Å². The van der Waals surface area contributed by atoms with Crippen LogP contribution in [0.4, 0.5) is 22.7 Å². The summed E-state index contributed by atoms with van der Waals surface area (Å²) in [7, 11) is -9.23. The highest BCUT2D eigenvalue weighted by Crippen LogP contribution is 2.33. The number of hydrogen-bond donors (Lipinski definition) is 6. The number of benzene rings is 4. The number of rotatable bonds is 11. The molecule has 6 N–H and O–H groups in total. The first-order chi connectivity index (χ1) is 28.8. The highest BCUT2D eigenvalue weighted by atomic mass is 32.2. The number of hydrazine groups is 2. The van der Waals surface area contributed by atoms with Crippen molar-refractivity contribution in [3.8, 4) is 11.1 Å². The third-order valence-electron chi connectivity index (χ3n) is 9.44. The number of fused-ring (bicyclic) bond motifs is 2. The second-order valence-corrected chi connectivity index (χ2v) is 16.3. The van der Waals surface area contributed by atoms with Gasteiger partial charge in [0.1, 0.15) is 0 Å². The summed E-state index contributed by atoms with van der Waals surface area (Å²) < 4.78 is 66.5. The predicted octanol–water partition coefficient (Wildman–Crippen LogP) is 6.94. The Labute approximate surface area is 344 Å². The van der Waals surface area contributed by atoms with Crippen molar-refractivity contribution in [2.24, 2.45) is 9.98 Å². The van der Waals surface area contributed by atoms with Crippen molar-refractivity contribution in [2.45, 2.75) is 0 Å². The topological polar surface area (TPSA) is 216 Å². The van der Waals surface area contributed by atoms with E-state index >= 15 is 0 Å². The van der Waals surface area contributed by atoms with E-state index in [1.165, 1.54) is 12.2 Å². The molecular weight excluding hydrogens is 805 g/mol. The van der Waals surface area contributed by atoms with Gasteiger partial charge >= 0.3 is 0 Å². The van der Waals surface area contributed by atoms with Gasteiger partial charge in [0, 0.05) is 12.2 Å². The number of anilines is 2. The normalized spacial score (nSPS) is 17.7. The van der Waals surface area contributed by atoms with E-state index in [9.17, 15) is 35.5 Å². The van der Waals surface area contributed by atoms with Crippen LogP contribution >= 0.6 is 0 Å². The predicted molar refractivity (Wildman–Crippen MR) is 230 cm³/mol. The lowest BCUT2D eigenvalue weighted by Crippen LogP contribution is -2.31. The number of para-hydroxylation sites is 2. The van der Waals surface area contributed by atoms with Crippen LogP contribution in [0.15, 0.2) is 211 Å². The molecule has 0 saturated carbocycles. The molecule has 0 heterocycles. The first-order valence-corrected chi connectivity index (χ1v) is 21.0. The zero-order valence-electron chi connectivity index (χ0n) is 31.1. The molecule has 0 amide bonds. The Morgan fingerprint density at radius 1 is 0.433 bits per heavy atom. The fourth-order valence-electron chi connectivity index (χ4n) is 6.56. The van der Waals surface area contributed by atoms with Gasteiger partial charge < -0.3 is 10.9 Å². The molecular formula is C44H32N6O8S2. The van der Waals surface area contributed by atoms with E-state index in [-0.39, 0.29) is 11.1 Å². The van der Waals surface area contributed by atoms with Crippen molar-refractivity contribution in [3.63, 3.8) is 0 Å². The highest BCUT2D eigenvalue weighted by Gasteiger charge is 2.31. The van der Waals surface area contributed by atoms with Gasteiger partial charge in [-0.15, -0.1) is 0 Å². The van der Waals surface area contributed by atoms with Gasteiger partial charge in [-0.1, -0.05) is 72.8 Å². The molecule has 0 radical (unpaired) electrons. The largest absolute Gasteiger partial charge is 0.301 e. The quantitative estimate of drug-likeness (QED) is 0.0669. The van der Waals surface area contributed by atoms with Gasteiger partial charge in [-0.3, -0.25) is 29.5 Å². The Hall–Kier alpha value is -7.50. The van der Waals surface area contributed by atoms with Crippen molar-refractivity contribution < 1.29 is 35.5 Å². The summed E-state index contributed by atoms with van der Waals surface area (Å²) in [4.78, 5) is 34.9. The van der Waals surface area contributed by atoms with E-state index in [2.05, 4.69) is 21.7 Å². The summed E-state index contributed by atoms with van der Waals surface area (Å²) in [5.41, 5.74) is 19.1. The van der Waals surface area contributed by atoms with Gasteiger partial charge in [-0.25, -0.2) is 9.98 Å². The second kappa shape index (κ2) is 16.0. The first kappa shape index (κ1) is 39.3. The van der Waals surface area contributed by atoms with E-state index in [4.69, 9.17) is 9.98 Å². The number of nitrogens with one attached hydrogen (secondary N) is 4. The van der Waals surface area contributed by atoms with Crippen LogP contribution in [0.3, 0.4) is 0 Å². The summed E-state index contributed by atoms with van der Waals surface area (Å²) in [5, 5.41) is 0. The molecule has 0 atom stereocenters. The van der Waals surface area contributed by atoms with Crippen LogP contribution < -0.4 is 21.7 Å². The molecule has 60 heavy (non-hydrogen) atoms. The maximum absolute atomic E-state index is 13.3. The number of ketones is 2. The van der Waals surface area contributed by atoms with Gasteiger partial charge in [0.2, 0.25) is 0 Å². The minimum atomic E-state index is -4.61. The van der Waals surface area contributed by atoms with Gasteiger partial charge in [0.05, 0.1) is 66.5 Å². The highest BCUT2D eigenvalue weighted by molar-refractivity contribution is 7.90. The van der Waals surface area contributed by atoms with E-state index in [1.807, 2.05) is 84.9 Å². The molecule has 0 fully saturated rings. The maximum atomic E-state index is 13.3. The average molecular weight is 837 g/mol. The summed E-state index contributed by atoms with van der Waals surface area (Å²) in [6.45, 7) is 0. The molecule has 0 aromatic heterocycles. The molecule has 16 heteroatoms. The molecule has 4 aliphatic rings. The van der Waals surface area contributed by atoms with Gasteiger partial charge in [0.25, 0.3) is 20.2 Å². The molecule has 0 saturated heterocycles. The lowest BCUT2D eigenvalue weighted by molar-refractivity contribution is -0.112. The molecule has 0 spiro atoms. The Morgan fingerprint density at radius 3 is 1.15 bits per heavy atom. The van der Waals surface area contributed by atoms with Crippen molar-refractivity contribution in [3.05, 3.63) is 201 Å². The van der Waals surface area contributed by atoms with Crippen LogP contribution in [0.1, 0.15) is 0 Å². The summed E-state index contributed by atoms with van der Waals surface area (Å²) in [6, 6.07) is 33.1. The zero-order chi connectivity index (χ0) is 42.0. The number of carbonyl (C=O) groups is 2. The lowest BCUT2D eigenvalue weighted by Gasteiger charge is -2.23. The Kier molecular flexibility index (Phi) is 10.5. The lowest BCUT2D eigenvalue weighted by atomic mass is 9.89. The van der Waals surface area contributed by atoms with Crippen molar-refractivity contribution >= 4 is 66.0 Å². The monoisotopic (exact) mass is 836 g/mol. The minimum Gasteiger partial charge on any atom is -0.301 e. The number of nitrogens with zero attached hydrogens (tertiary/aromatic N) is 2. The Morgan fingerprint density at radius 2 is 0.800 bits per heavy atom. The molecule has 298 valence electrons. The summed E-state index contributed by atoms with van der Waals surface area (Å²) >= 11 is 0. The second-order valence-electron chi connectivity index (χ2n) is 13.5. The van der Waals surface area contributed by atoms with Gasteiger partial charge in [0.15, 0.2) is 11.6 Å². The van der Waals surface area contributed by atoms with Crippen LogP contribution in [0, 0.1) is 0 Å². The van der Waals surface area contributed by atoms with Crippen molar-refractivity contribution in [2.75, 3.05) is 10.9 Å². The van der Waals surface area contributed by atoms with Gasteiger partial charge in [-0.2, -0.15) is 16.8 Å². The average Bonchev–Trinajstić information content (AvgIpc) is 3.23. The van der Waals surface area contributed by atoms with E-state index < -0.39 is 41.6 Å². The van der Waals surface area contributed by atoms with E-state index in [0.717, 1.165) is 23.3 Å². The molecule has 0 unspecified atom stereocenters. The molecule has 4 aromatic rings. The molecule has 4 aromatic carbocycles. The van der Waals surface area contributed by atoms with E-state index in [1.54, 1.807) is 48.6 Å². The molecule has 0 aliphatic heterocycles. The smallest absolute Gasteiger partial charge is 0.294 e. The van der Waals surface area contributed by atoms with Crippen molar-refractivity contribution in [1.82, 2.24) is 10.9 Å². The number of carbonyl (C=O) groups excluding carboxylic acids is 2. The van der Waals surface area contributed by atoms with Crippen molar-refractivity contribution in [1.29, 1.82) is 0 Å². The van der Waals surface area contributed by atoms with E-state index in [0.29, 0.717) is 56.7 Å². The Bertz CT molecular complexity index is 2810. The number of aliphatic imine (C=N–C) groups is 2. The zero-order valence-corrected chi connectivity index (χ0v) is 32.7. The van der Waals surface area contributed by atoms with Crippen LogP contribution in [0.25, 0.3) is 11.1 Å². The Balaban J connectivity index is 0.995. The fraction of sp³-hybridized carbons (Fsp3) is 0. The SMILES string of the molecule is O=C1C=C(S(=O)(=O)O)C=C2C=CC(=Nc3ccccc3)C(NNc3ccc(-c4ccc(NNC5=C6C(=O)C=C(S(=O)(=O)O)C=C6C=CC5=Nc5ccccc5)cc4)cc3)=C12. The number of allylic oxidation sites excluding steroid dienone is 12. The third kappa shape index (κ3) is 8.52. The maximum Gasteiger partial charge on any atom is 0.294 e. The first-order valence-electron chi connectivity index (χ1n) is 18.1. The van der Waals surface area contributed by atoms with Crippen LogP contribution in [0.5, 0.6) is 0 Å². The minimum absolute atomic E-state index is 0.175. The third-order valence-corrected chi connectivity index (χ3v) is 11.1. The fourth-order valence-corrected chi connectivity index (χ4v) is 7.63. The summed E-state index contributed by atoms with van der Waals surface area (Å²) in [6.07, 6.45) is 10.6. The number of hydrogen-bond acceptors (Lipinski definition) is 12. The molecule has 4 aliphatic carbocycles. The molecule has 8 rings (SSSR count). The standard InChI is InChI=1S/C44H32N6O8S2/c51-39-25-35(59(53,54)55)23-29-15-21-37(45-31-7-3-1-4-8-31)43(41(29)39)49-47-33-17-11-27(12-18-33)28-13-19-34(20-14-28)48-50-44-38(46-32-9-5-2-6-10-32)22-16-30-24-36(60(56,57)58)26-40(52)42(30)44/h1-26,47-50H,(H,53,54,55)(H,56,57,58). The van der Waals surface area contributed by atoms with Crippen LogP contribution in [-0.4, -0.2) is 48.9 Å². The molecule has 14 nitrogen and oxygen atoms in total. The van der Waals surface area contributed by atoms with Crippen LogP contribution in [-0.2, 0) is 29.8 Å². The van der Waals surface area contributed by atoms with Gasteiger partial charge in [-0.05, 0) is 95.1 Å².